The van der Waals surface area contributed by atoms with Gasteiger partial charge in [-0.05, 0) is 49.2 Å². The van der Waals surface area contributed by atoms with Crippen LogP contribution in [0.2, 0.25) is 0 Å². The summed E-state index contributed by atoms with van der Waals surface area (Å²) >= 11 is 0. The van der Waals surface area contributed by atoms with Crippen LogP contribution >= 0.6 is 0 Å². The first-order valence-corrected chi connectivity index (χ1v) is 8.11. The second-order valence-corrected chi connectivity index (χ2v) is 6.84. The molecule has 0 saturated heterocycles. The minimum Gasteiger partial charge on any atom is -0.382 e. The summed E-state index contributed by atoms with van der Waals surface area (Å²) in [6.07, 6.45) is 0.776. The van der Waals surface area contributed by atoms with E-state index in [9.17, 15) is 12.8 Å². The van der Waals surface area contributed by atoms with Gasteiger partial charge in [-0.3, -0.25) is 4.72 Å². The van der Waals surface area contributed by atoms with Gasteiger partial charge in [0.25, 0.3) is 10.0 Å². The molecule has 3 rings (SSSR count). The number of fused-ring (bicyclic) bond motifs is 1. The van der Waals surface area contributed by atoms with Crippen LogP contribution in [0.15, 0.2) is 47.4 Å². The number of halogens is 1. The molecule has 0 unspecified atom stereocenters. The number of hydrogen-bond donors (Lipinski definition) is 2. The zero-order valence-electron chi connectivity index (χ0n) is 11.4. The first-order valence-electron chi connectivity index (χ1n) is 6.62. The normalized spacial score (nSPS) is 17.1. The van der Waals surface area contributed by atoms with Gasteiger partial charge in [-0.1, -0.05) is 12.1 Å². The second kappa shape index (κ2) is 5.04. The third kappa shape index (κ3) is 2.71. The summed E-state index contributed by atoms with van der Waals surface area (Å²) < 4.78 is 40.5. The molecular formula is C15H15FN2O2S. The standard InChI is InChI=1S/C15H15FN2O2S/c1-10-8-11-9-12(6-7-14(11)17-10)21(19,20)18-15-5-3-2-4-13(15)16/h2-7,9-10,17-18H,8H2,1H3/t10-/m0/s1. The monoisotopic (exact) mass is 306 g/mol. The maximum absolute atomic E-state index is 13.6. The highest BCUT2D eigenvalue weighted by molar-refractivity contribution is 7.92. The predicted octanol–water partition coefficient (Wildman–Crippen LogP) is 2.98. The minimum absolute atomic E-state index is 0.0514. The van der Waals surface area contributed by atoms with Crippen molar-refractivity contribution in [3.63, 3.8) is 0 Å². The van der Waals surface area contributed by atoms with Crippen LogP contribution in [0.3, 0.4) is 0 Å². The van der Waals surface area contributed by atoms with Crippen LogP contribution in [0.1, 0.15) is 12.5 Å². The fourth-order valence-corrected chi connectivity index (χ4v) is 3.56. The lowest BCUT2D eigenvalue weighted by molar-refractivity contribution is 0.598. The summed E-state index contributed by atoms with van der Waals surface area (Å²) in [5.41, 5.74) is 1.86. The zero-order valence-corrected chi connectivity index (χ0v) is 12.2. The fourth-order valence-electron chi connectivity index (χ4n) is 2.44. The van der Waals surface area contributed by atoms with E-state index in [-0.39, 0.29) is 16.6 Å². The van der Waals surface area contributed by atoms with Crippen molar-refractivity contribution in [3.05, 3.63) is 53.8 Å². The Balaban J connectivity index is 1.93. The maximum Gasteiger partial charge on any atom is 0.261 e. The van der Waals surface area contributed by atoms with Gasteiger partial charge in [0, 0.05) is 11.7 Å². The van der Waals surface area contributed by atoms with Crippen molar-refractivity contribution in [1.29, 1.82) is 0 Å². The molecule has 110 valence electrons. The first-order chi connectivity index (χ1) is 9.95. The average molecular weight is 306 g/mol. The third-order valence-corrected chi connectivity index (χ3v) is 4.80. The van der Waals surface area contributed by atoms with E-state index in [1.54, 1.807) is 18.2 Å². The molecule has 21 heavy (non-hydrogen) atoms. The van der Waals surface area contributed by atoms with E-state index < -0.39 is 15.8 Å². The lowest BCUT2D eigenvalue weighted by atomic mass is 10.1. The van der Waals surface area contributed by atoms with E-state index >= 15 is 0 Å². The Morgan fingerprint density at radius 1 is 1.24 bits per heavy atom. The molecular weight excluding hydrogens is 291 g/mol. The molecule has 0 aliphatic carbocycles. The molecule has 2 N–H and O–H groups in total. The van der Waals surface area contributed by atoms with Gasteiger partial charge < -0.3 is 5.32 Å². The molecule has 0 radical (unpaired) electrons. The molecule has 0 bridgehead atoms. The Labute approximate surface area is 123 Å². The minimum atomic E-state index is -3.79. The van der Waals surface area contributed by atoms with Crippen molar-refractivity contribution >= 4 is 21.4 Å². The lowest BCUT2D eigenvalue weighted by Gasteiger charge is -2.10. The summed E-state index contributed by atoms with van der Waals surface area (Å²) in [4.78, 5) is 0.139. The van der Waals surface area contributed by atoms with Crippen molar-refractivity contribution in [1.82, 2.24) is 0 Å². The van der Waals surface area contributed by atoms with E-state index in [2.05, 4.69) is 10.0 Å². The van der Waals surface area contributed by atoms with Gasteiger partial charge in [0.2, 0.25) is 0 Å². The van der Waals surface area contributed by atoms with Crippen LogP contribution in [-0.2, 0) is 16.4 Å². The fraction of sp³-hybridized carbons (Fsp3) is 0.200. The molecule has 1 atom stereocenters. The summed E-state index contributed by atoms with van der Waals surface area (Å²) in [5, 5.41) is 3.26. The quantitative estimate of drug-likeness (QED) is 0.916. The van der Waals surface area contributed by atoms with Crippen molar-refractivity contribution in [2.45, 2.75) is 24.3 Å². The Morgan fingerprint density at radius 3 is 2.76 bits per heavy atom. The number of hydrogen-bond acceptors (Lipinski definition) is 3. The summed E-state index contributed by atoms with van der Waals surface area (Å²) in [6.45, 7) is 2.03. The number of benzene rings is 2. The Kier molecular flexibility index (Phi) is 3.33. The summed E-state index contributed by atoms with van der Waals surface area (Å²) in [5.74, 6) is -0.600. The molecule has 1 heterocycles. The molecule has 6 heteroatoms. The molecule has 4 nitrogen and oxygen atoms in total. The van der Waals surface area contributed by atoms with E-state index in [0.717, 1.165) is 17.7 Å². The molecule has 1 aliphatic rings. The highest BCUT2D eigenvalue weighted by Gasteiger charge is 2.21. The van der Waals surface area contributed by atoms with Crippen LogP contribution in [0.4, 0.5) is 15.8 Å². The lowest BCUT2D eigenvalue weighted by Crippen LogP contribution is -2.14. The predicted molar refractivity (Wildman–Crippen MR) is 80.4 cm³/mol. The van der Waals surface area contributed by atoms with Gasteiger partial charge in [-0.25, -0.2) is 12.8 Å². The van der Waals surface area contributed by atoms with E-state index in [4.69, 9.17) is 0 Å². The van der Waals surface area contributed by atoms with Gasteiger partial charge in [-0.15, -0.1) is 0 Å². The number of para-hydroxylation sites is 1. The molecule has 0 amide bonds. The molecule has 1 aliphatic heterocycles. The van der Waals surface area contributed by atoms with Crippen LogP contribution in [0.25, 0.3) is 0 Å². The number of anilines is 2. The van der Waals surface area contributed by atoms with Gasteiger partial charge in [-0.2, -0.15) is 0 Å². The Hall–Kier alpha value is -2.08. The number of nitrogens with one attached hydrogen (secondary N) is 2. The largest absolute Gasteiger partial charge is 0.382 e. The molecule has 0 spiro atoms. The molecule has 0 aromatic heterocycles. The van der Waals surface area contributed by atoms with Gasteiger partial charge in [0.05, 0.1) is 10.6 Å². The van der Waals surface area contributed by atoms with Crippen molar-refractivity contribution in [2.75, 3.05) is 10.0 Å². The van der Waals surface area contributed by atoms with Crippen LogP contribution in [0, 0.1) is 5.82 Å². The van der Waals surface area contributed by atoms with Crippen LogP contribution in [0.5, 0.6) is 0 Å². The average Bonchev–Trinajstić information content (AvgIpc) is 2.80. The maximum atomic E-state index is 13.6. The van der Waals surface area contributed by atoms with E-state index in [1.807, 2.05) is 6.92 Å². The summed E-state index contributed by atoms with van der Waals surface area (Å²) in [7, 11) is -3.79. The smallest absolute Gasteiger partial charge is 0.261 e. The zero-order chi connectivity index (χ0) is 15.0. The SMILES string of the molecule is C[C@H]1Cc2cc(S(=O)(=O)Nc3ccccc3F)ccc2N1. The number of rotatable bonds is 3. The summed E-state index contributed by atoms with van der Waals surface area (Å²) in [6, 6.07) is 10.9. The first kappa shape index (κ1) is 13.9. The molecule has 0 saturated carbocycles. The second-order valence-electron chi connectivity index (χ2n) is 5.15. The Bertz CT molecular complexity index is 790. The van der Waals surface area contributed by atoms with Gasteiger partial charge in [0.1, 0.15) is 5.82 Å². The number of sulfonamides is 1. The highest BCUT2D eigenvalue weighted by Crippen LogP contribution is 2.29. The van der Waals surface area contributed by atoms with Crippen LogP contribution < -0.4 is 10.0 Å². The molecule has 2 aromatic carbocycles. The molecule has 0 fully saturated rings. The van der Waals surface area contributed by atoms with Gasteiger partial charge >= 0.3 is 0 Å². The Morgan fingerprint density at radius 2 is 2.00 bits per heavy atom. The third-order valence-electron chi connectivity index (χ3n) is 3.43. The van der Waals surface area contributed by atoms with Crippen molar-refractivity contribution in [3.8, 4) is 0 Å². The van der Waals surface area contributed by atoms with Crippen LogP contribution in [-0.4, -0.2) is 14.5 Å². The van der Waals surface area contributed by atoms with Crippen molar-refractivity contribution in [2.24, 2.45) is 0 Å². The highest BCUT2D eigenvalue weighted by atomic mass is 32.2. The van der Waals surface area contributed by atoms with Crippen molar-refractivity contribution < 1.29 is 12.8 Å². The molecule has 2 aromatic rings. The van der Waals surface area contributed by atoms with E-state index in [0.29, 0.717) is 0 Å². The topological polar surface area (TPSA) is 58.2 Å². The van der Waals surface area contributed by atoms with Gasteiger partial charge in [0.15, 0.2) is 0 Å². The van der Waals surface area contributed by atoms with E-state index in [1.165, 1.54) is 24.3 Å².